The molecule has 1 unspecified atom stereocenters. The third-order valence-corrected chi connectivity index (χ3v) is 3.54. The molecule has 0 amide bonds. The van der Waals surface area contributed by atoms with Crippen molar-refractivity contribution in [3.63, 3.8) is 0 Å². The molecule has 112 valence electrons. The van der Waals surface area contributed by atoms with Gasteiger partial charge in [0.2, 0.25) is 0 Å². The van der Waals surface area contributed by atoms with Crippen LogP contribution in [0.25, 0.3) is 0 Å². The Morgan fingerprint density at radius 1 is 1.05 bits per heavy atom. The van der Waals surface area contributed by atoms with Gasteiger partial charge in [-0.15, -0.1) is 0 Å². The van der Waals surface area contributed by atoms with Crippen LogP contribution in [-0.2, 0) is 6.42 Å². The van der Waals surface area contributed by atoms with Gasteiger partial charge in [0.05, 0.1) is 20.3 Å². The summed E-state index contributed by atoms with van der Waals surface area (Å²) in [7, 11) is 3.19. The molecule has 0 aliphatic heterocycles. The second-order valence-corrected chi connectivity index (χ2v) is 5.41. The van der Waals surface area contributed by atoms with Crippen molar-refractivity contribution in [3.05, 3.63) is 58.1 Å². The summed E-state index contributed by atoms with van der Waals surface area (Å²) in [4.78, 5) is 0. The Hall–Kier alpha value is -1.71. The van der Waals surface area contributed by atoms with E-state index in [1.165, 1.54) is 0 Å². The summed E-state index contributed by atoms with van der Waals surface area (Å²) in [6.07, 6.45) is -0.124. The van der Waals surface area contributed by atoms with E-state index >= 15 is 0 Å². The average molecular weight is 307 g/mol. The van der Waals surface area contributed by atoms with Gasteiger partial charge >= 0.3 is 0 Å². The second-order valence-electron chi connectivity index (χ2n) is 4.97. The van der Waals surface area contributed by atoms with Crippen LogP contribution in [0.5, 0.6) is 11.5 Å². The predicted molar refractivity (Wildman–Crippen MR) is 84.4 cm³/mol. The third kappa shape index (κ3) is 3.90. The minimum Gasteiger partial charge on any atom is -0.493 e. The zero-order valence-corrected chi connectivity index (χ0v) is 13.1. The molecule has 2 aromatic rings. The van der Waals surface area contributed by atoms with Crippen LogP contribution < -0.4 is 9.47 Å². The molecule has 0 saturated heterocycles. The molecule has 4 heteroatoms. The van der Waals surface area contributed by atoms with Crippen molar-refractivity contribution in [1.82, 2.24) is 0 Å². The average Bonchev–Trinajstić information content (AvgIpc) is 2.46. The smallest absolute Gasteiger partial charge is 0.160 e. The number of rotatable bonds is 5. The van der Waals surface area contributed by atoms with E-state index in [9.17, 15) is 5.11 Å². The first-order valence-electron chi connectivity index (χ1n) is 6.69. The van der Waals surface area contributed by atoms with Crippen LogP contribution >= 0.6 is 11.6 Å². The zero-order valence-electron chi connectivity index (χ0n) is 12.4. The minimum atomic E-state index is -0.611. The van der Waals surface area contributed by atoms with Gasteiger partial charge in [0.15, 0.2) is 11.5 Å². The SMILES string of the molecule is COc1ccc(CC(O)c2cc(C)cc(Cl)c2)cc1OC. The lowest BCUT2D eigenvalue weighted by atomic mass is 10.00. The summed E-state index contributed by atoms with van der Waals surface area (Å²) in [6.45, 7) is 1.96. The summed E-state index contributed by atoms with van der Waals surface area (Å²) in [5, 5.41) is 11.0. The van der Waals surface area contributed by atoms with E-state index in [0.717, 1.165) is 16.7 Å². The zero-order chi connectivity index (χ0) is 15.4. The van der Waals surface area contributed by atoms with Crippen LogP contribution in [0.1, 0.15) is 22.8 Å². The molecule has 0 bridgehead atoms. The lowest BCUT2D eigenvalue weighted by Gasteiger charge is -2.14. The quantitative estimate of drug-likeness (QED) is 0.909. The first-order valence-corrected chi connectivity index (χ1v) is 7.07. The van der Waals surface area contributed by atoms with Crippen LogP contribution in [0.2, 0.25) is 5.02 Å². The van der Waals surface area contributed by atoms with E-state index < -0.39 is 6.10 Å². The molecular weight excluding hydrogens is 288 g/mol. The van der Waals surface area contributed by atoms with Gasteiger partial charge in [-0.2, -0.15) is 0 Å². The van der Waals surface area contributed by atoms with E-state index in [-0.39, 0.29) is 0 Å². The van der Waals surface area contributed by atoms with E-state index in [0.29, 0.717) is 22.9 Å². The highest BCUT2D eigenvalue weighted by Gasteiger charge is 2.12. The van der Waals surface area contributed by atoms with Crippen molar-refractivity contribution in [1.29, 1.82) is 0 Å². The molecule has 0 aliphatic carbocycles. The Balaban J connectivity index is 2.20. The van der Waals surface area contributed by atoms with Crippen molar-refractivity contribution in [2.75, 3.05) is 14.2 Å². The number of aryl methyl sites for hydroxylation is 1. The van der Waals surface area contributed by atoms with E-state index in [2.05, 4.69) is 0 Å². The number of hydrogen-bond acceptors (Lipinski definition) is 3. The fraction of sp³-hybridized carbons (Fsp3) is 0.294. The molecule has 2 aromatic carbocycles. The monoisotopic (exact) mass is 306 g/mol. The Morgan fingerprint density at radius 3 is 2.38 bits per heavy atom. The highest BCUT2D eigenvalue weighted by Crippen LogP contribution is 2.30. The molecule has 0 aliphatic rings. The number of aliphatic hydroxyl groups is 1. The molecule has 1 atom stereocenters. The van der Waals surface area contributed by atoms with Crippen molar-refractivity contribution < 1.29 is 14.6 Å². The van der Waals surface area contributed by atoms with Gasteiger partial charge in [0.1, 0.15) is 0 Å². The number of halogens is 1. The highest BCUT2D eigenvalue weighted by molar-refractivity contribution is 6.30. The lowest BCUT2D eigenvalue weighted by Crippen LogP contribution is -2.03. The van der Waals surface area contributed by atoms with Crippen molar-refractivity contribution >= 4 is 11.6 Å². The van der Waals surface area contributed by atoms with Crippen molar-refractivity contribution in [3.8, 4) is 11.5 Å². The van der Waals surface area contributed by atoms with E-state index in [4.69, 9.17) is 21.1 Å². The number of ether oxygens (including phenoxy) is 2. The topological polar surface area (TPSA) is 38.7 Å². The number of benzene rings is 2. The fourth-order valence-corrected chi connectivity index (χ4v) is 2.60. The van der Waals surface area contributed by atoms with Gasteiger partial charge in [0.25, 0.3) is 0 Å². The van der Waals surface area contributed by atoms with E-state index in [1.54, 1.807) is 20.3 Å². The summed E-state index contributed by atoms with van der Waals surface area (Å²) < 4.78 is 10.5. The first kappa shape index (κ1) is 15.7. The maximum atomic E-state index is 10.4. The number of aliphatic hydroxyl groups excluding tert-OH is 1. The maximum absolute atomic E-state index is 10.4. The Kier molecular flexibility index (Phi) is 5.10. The highest BCUT2D eigenvalue weighted by atomic mass is 35.5. The number of hydrogen-bond donors (Lipinski definition) is 1. The molecule has 21 heavy (non-hydrogen) atoms. The van der Waals surface area contributed by atoms with E-state index in [1.807, 2.05) is 37.3 Å². The molecular formula is C17H19ClO3. The summed E-state index contributed by atoms with van der Waals surface area (Å²) in [5.41, 5.74) is 2.82. The summed E-state index contributed by atoms with van der Waals surface area (Å²) in [5.74, 6) is 1.33. The van der Waals surface area contributed by atoms with Crippen molar-refractivity contribution in [2.24, 2.45) is 0 Å². The first-order chi connectivity index (χ1) is 10.0. The molecule has 2 rings (SSSR count). The van der Waals surface area contributed by atoms with Gasteiger partial charge in [-0.3, -0.25) is 0 Å². The van der Waals surface area contributed by atoms with Crippen LogP contribution in [0.15, 0.2) is 36.4 Å². The van der Waals surface area contributed by atoms with Crippen molar-refractivity contribution in [2.45, 2.75) is 19.4 Å². The molecule has 0 fully saturated rings. The molecule has 3 nitrogen and oxygen atoms in total. The van der Waals surface area contributed by atoms with Gasteiger partial charge in [-0.05, 0) is 47.9 Å². The minimum absolute atomic E-state index is 0.486. The number of methoxy groups -OCH3 is 2. The Bertz CT molecular complexity index is 605. The normalized spacial score (nSPS) is 12.0. The molecule has 0 radical (unpaired) electrons. The van der Waals surface area contributed by atoms with Gasteiger partial charge in [-0.1, -0.05) is 23.7 Å². The van der Waals surface area contributed by atoms with Gasteiger partial charge in [0, 0.05) is 11.4 Å². The van der Waals surface area contributed by atoms with Crippen LogP contribution in [0.4, 0.5) is 0 Å². The second kappa shape index (κ2) is 6.83. The Labute approximate surface area is 130 Å². The molecule has 0 saturated carbocycles. The van der Waals surface area contributed by atoms with Crippen LogP contribution in [-0.4, -0.2) is 19.3 Å². The molecule has 0 aromatic heterocycles. The summed E-state index contributed by atoms with van der Waals surface area (Å²) in [6, 6.07) is 11.2. The predicted octanol–water partition coefficient (Wildman–Crippen LogP) is 3.94. The van der Waals surface area contributed by atoms with Gasteiger partial charge < -0.3 is 14.6 Å². The largest absolute Gasteiger partial charge is 0.493 e. The maximum Gasteiger partial charge on any atom is 0.160 e. The van der Waals surface area contributed by atoms with Gasteiger partial charge in [-0.25, -0.2) is 0 Å². The standard InChI is InChI=1S/C17H19ClO3/c1-11-6-13(10-14(18)7-11)15(19)8-12-4-5-16(20-2)17(9-12)21-3/h4-7,9-10,15,19H,8H2,1-3H3. The van der Waals surface area contributed by atoms with Crippen LogP contribution in [0.3, 0.4) is 0 Å². The fourth-order valence-electron chi connectivity index (χ4n) is 2.31. The lowest BCUT2D eigenvalue weighted by molar-refractivity contribution is 0.178. The third-order valence-electron chi connectivity index (χ3n) is 3.33. The molecule has 0 spiro atoms. The summed E-state index contributed by atoms with van der Waals surface area (Å²) >= 11 is 6.04. The molecule has 1 N–H and O–H groups in total. The van der Waals surface area contributed by atoms with Crippen LogP contribution in [0, 0.1) is 6.92 Å². The Morgan fingerprint density at radius 2 is 1.76 bits per heavy atom. The molecule has 0 heterocycles.